The molecule has 1 aromatic carbocycles. The van der Waals surface area contributed by atoms with Crippen molar-refractivity contribution < 1.29 is 13.2 Å². The Labute approximate surface area is 137 Å². The van der Waals surface area contributed by atoms with E-state index < -0.39 is 9.84 Å². The molecule has 3 rings (SSSR count). The number of allylic oxidation sites excluding steroid dienone is 2. The maximum atomic E-state index is 12.5. The molecule has 1 atom stereocenters. The van der Waals surface area contributed by atoms with Crippen LogP contribution in [0.3, 0.4) is 0 Å². The molecule has 0 radical (unpaired) electrons. The van der Waals surface area contributed by atoms with Crippen LogP contribution in [0.5, 0.6) is 0 Å². The summed E-state index contributed by atoms with van der Waals surface area (Å²) in [6.45, 7) is 0. The number of benzene rings is 1. The SMILES string of the molecule is O=C(CC1C=CCC1)Nc1ccc(S(=O)(=O)C2CCCC2)cc1. The number of rotatable bonds is 5. The van der Waals surface area contributed by atoms with Crippen LogP contribution in [0.1, 0.15) is 44.9 Å². The van der Waals surface area contributed by atoms with Crippen LogP contribution in [0.15, 0.2) is 41.3 Å². The molecular weight excluding hydrogens is 310 g/mol. The summed E-state index contributed by atoms with van der Waals surface area (Å²) in [4.78, 5) is 12.4. The minimum absolute atomic E-state index is 0.0204. The van der Waals surface area contributed by atoms with Crippen molar-refractivity contribution in [2.45, 2.75) is 55.1 Å². The van der Waals surface area contributed by atoms with E-state index in [-0.39, 0.29) is 11.2 Å². The number of hydrogen-bond acceptors (Lipinski definition) is 3. The first-order valence-electron chi connectivity index (χ1n) is 8.36. The minimum Gasteiger partial charge on any atom is -0.326 e. The second-order valence-corrected chi connectivity index (χ2v) is 8.72. The van der Waals surface area contributed by atoms with Crippen molar-refractivity contribution in [2.75, 3.05) is 5.32 Å². The smallest absolute Gasteiger partial charge is 0.224 e. The Morgan fingerprint density at radius 3 is 2.39 bits per heavy atom. The lowest BCUT2D eigenvalue weighted by molar-refractivity contribution is -0.116. The van der Waals surface area contributed by atoms with Crippen LogP contribution >= 0.6 is 0 Å². The molecule has 1 saturated carbocycles. The van der Waals surface area contributed by atoms with Crippen LogP contribution < -0.4 is 5.32 Å². The number of nitrogens with one attached hydrogen (secondary N) is 1. The minimum atomic E-state index is -3.22. The molecule has 0 spiro atoms. The number of amides is 1. The Bertz CT molecular complexity index is 685. The second-order valence-electron chi connectivity index (χ2n) is 6.49. The molecule has 0 aromatic heterocycles. The molecular formula is C18H23NO3S. The van der Waals surface area contributed by atoms with Crippen molar-refractivity contribution in [1.82, 2.24) is 0 Å². The van der Waals surface area contributed by atoms with Crippen LogP contribution in [0, 0.1) is 5.92 Å². The summed E-state index contributed by atoms with van der Waals surface area (Å²) in [5.74, 6) is 0.310. The molecule has 1 N–H and O–H groups in total. The monoisotopic (exact) mass is 333 g/mol. The fourth-order valence-electron chi connectivity index (χ4n) is 3.43. The number of carbonyl (C=O) groups is 1. The summed E-state index contributed by atoms with van der Waals surface area (Å²) in [5.41, 5.74) is 0.655. The zero-order chi connectivity index (χ0) is 16.3. The van der Waals surface area contributed by atoms with E-state index in [0.717, 1.165) is 38.5 Å². The van der Waals surface area contributed by atoms with E-state index in [2.05, 4.69) is 17.5 Å². The fourth-order valence-corrected chi connectivity index (χ4v) is 5.29. The highest BCUT2D eigenvalue weighted by Gasteiger charge is 2.30. The first kappa shape index (κ1) is 16.2. The molecule has 1 unspecified atom stereocenters. The predicted octanol–water partition coefficient (Wildman–Crippen LogP) is 3.70. The number of carbonyl (C=O) groups excluding carboxylic acids is 1. The third-order valence-corrected chi connectivity index (χ3v) is 7.05. The molecule has 0 heterocycles. The first-order chi connectivity index (χ1) is 11.1. The van der Waals surface area contributed by atoms with E-state index in [0.29, 0.717) is 22.9 Å². The summed E-state index contributed by atoms with van der Waals surface area (Å²) in [5, 5.41) is 2.61. The Morgan fingerprint density at radius 1 is 1.09 bits per heavy atom. The molecule has 1 aromatic rings. The lowest BCUT2D eigenvalue weighted by atomic mass is 10.1. The van der Waals surface area contributed by atoms with Crippen molar-refractivity contribution in [3.05, 3.63) is 36.4 Å². The van der Waals surface area contributed by atoms with E-state index in [4.69, 9.17) is 0 Å². The average molecular weight is 333 g/mol. The Balaban J connectivity index is 1.62. The Morgan fingerprint density at radius 2 is 1.78 bits per heavy atom. The third-order valence-electron chi connectivity index (χ3n) is 4.77. The molecule has 1 amide bonds. The largest absolute Gasteiger partial charge is 0.326 e. The van der Waals surface area contributed by atoms with Crippen LogP contribution in [0.2, 0.25) is 0 Å². The van der Waals surface area contributed by atoms with Gasteiger partial charge in [0.15, 0.2) is 9.84 Å². The lowest BCUT2D eigenvalue weighted by Gasteiger charge is -2.12. The highest BCUT2D eigenvalue weighted by atomic mass is 32.2. The molecule has 1 fully saturated rings. The predicted molar refractivity (Wildman–Crippen MR) is 91.0 cm³/mol. The summed E-state index contributed by atoms with van der Waals surface area (Å²) in [7, 11) is -3.22. The zero-order valence-corrected chi connectivity index (χ0v) is 14.0. The third kappa shape index (κ3) is 3.83. The van der Waals surface area contributed by atoms with Crippen molar-refractivity contribution in [3.8, 4) is 0 Å². The quantitative estimate of drug-likeness (QED) is 0.836. The number of anilines is 1. The zero-order valence-electron chi connectivity index (χ0n) is 13.2. The van der Waals surface area contributed by atoms with E-state index in [1.807, 2.05) is 0 Å². The van der Waals surface area contributed by atoms with Crippen molar-refractivity contribution in [2.24, 2.45) is 5.92 Å². The molecule has 0 saturated heterocycles. The van der Waals surface area contributed by atoms with Gasteiger partial charge in [-0.15, -0.1) is 0 Å². The van der Waals surface area contributed by atoms with Gasteiger partial charge in [0, 0.05) is 12.1 Å². The van der Waals surface area contributed by atoms with E-state index >= 15 is 0 Å². The highest BCUT2D eigenvalue weighted by Crippen LogP contribution is 2.30. The maximum Gasteiger partial charge on any atom is 0.224 e. The van der Waals surface area contributed by atoms with Crippen LogP contribution in [-0.4, -0.2) is 19.6 Å². The van der Waals surface area contributed by atoms with Gasteiger partial charge in [-0.3, -0.25) is 4.79 Å². The molecule has 4 nitrogen and oxygen atoms in total. The van der Waals surface area contributed by atoms with Gasteiger partial charge in [-0.2, -0.15) is 0 Å². The van der Waals surface area contributed by atoms with Crippen molar-refractivity contribution in [3.63, 3.8) is 0 Å². The summed E-state index contributed by atoms with van der Waals surface area (Å²) < 4.78 is 25.0. The van der Waals surface area contributed by atoms with Gasteiger partial charge < -0.3 is 5.32 Å². The van der Waals surface area contributed by atoms with E-state index in [1.54, 1.807) is 24.3 Å². The van der Waals surface area contributed by atoms with Crippen LogP contribution in [-0.2, 0) is 14.6 Å². The normalized spacial score (nSPS) is 21.7. The second kappa shape index (κ2) is 6.87. The molecule has 124 valence electrons. The Hall–Kier alpha value is -1.62. The standard InChI is InChI=1S/C18H23NO3S/c20-18(13-14-5-1-2-6-14)19-15-9-11-17(12-10-15)23(21,22)16-7-3-4-8-16/h1,5,9-12,14,16H,2-4,6-8,13H2,(H,19,20). The molecule has 2 aliphatic rings. The van der Waals surface area contributed by atoms with Gasteiger partial charge in [-0.25, -0.2) is 8.42 Å². The van der Waals surface area contributed by atoms with Gasteiger partial charge >= 0.3 is 0 Å². The summed E-state index contributed by atoms with van der Waals surface area (Å²) >= 11 is 0. The van der Waals surface area contributed by atoms with Gasteiger partial charge in [0.2, 0.25) is 5.91 Å². The van der Waals surface area contributed by atoms with Gasteiger partial charge in [0.05, 0.1) is 10.1 Å². The topological polar surface area (TPSA) is 63.2 Å². The van der Waals surface area contributed by atoms with Crippen molar-refractivity contribution in [1.29, 1.82) is 0 Å². The molecule has 23 heavy (non-hydrogen) atoms. The van der Waals surface area contributed by atoms with Crippen molar-refractivity contribution >= 4 is 21.4 Å². The van der Waals surface area contributed by atoms with Gasteiger partial charge in [0.25, 0.3) is 0 Å². The summed E-state index contributed by atoms with van der Waals surface area (Å²) in [6.07, 6.45) is 10.3. The van der Waals surface area contributed by atoms with E-state index in [1.165, 1.54) is 0 Å². The van der Waals surface area contributed by atoms with Crippen LogP contribution in [0.4, 0.5) is 5.69 Å². The molecule has 2 aliphatic carbocycles. The average Bonchev–Trinajstić information content (AvgIpc) is 3.21. The lowest BCUT2D eigenvalue weighted by Crippen LogP contribution is -2.18. The number of hydrogen-bond donors (Lipinski definition) is 1. The van der Waals surface area contributed by atoms with Crippen LogP contribution in [0.25, 0.3) is 0 Å². The van der Waals surface area contributed by atoms with Gasteiger partial charge in [0.1, 0.15) is 0 Å². The van der Waals surface area contributed by atoms with E-state index in [9.17, 15) is 13.2 Å². The highest BCUT2D eigenvalue weighted by molar-refractivity contribution is 7.92. The summed E-state index contributed by atoms with van der Waals surface area (Å²) in [6, 6.07) is 6.59. The molecule has 0 bridgehead atoms. The molecule has 0 aliphatic heterocycles. The number of sulfone groups is 1. The molecule has 5 heteroatoms. The van der Waals surface area contributed by atoms with Gasteiger partial charge in [-0.05, 0) is 55.9 Å². The fraction of sp³-hybridized carbons (Fsp3) is 0.500. The maximum absolute atomic E-state index is 12.5. The Kier molecular flexibility index (Phi) is 4.85. The first-order valence-corrected chi connectivity index (χ1v) is 9.91. The van der Waals surface area contributed by atoms with Gasteiger partial charge in [-0.1, -0.05) is 25.0 Å².